The Morgan fingerprint density at radius 2 is 2.10 bits per heavy atom. The molecule has 0 saturated carbocycles. The van der Waals surface area contributed by atoms with Gasteiger partial charge in [0, 0.05) is 6.07 Å². The summed E-state index contributed by atoms with van der Waals surface area (Å²) in [4.78, 5) is 4.64. The van der Waals surface area contributed by atoms with Gasteiger partial charge in [-0.3, -0.25) is 0 Å². The number of halogens is 1. The molecule has 2 heterocycles. The summed E-state index contributed by atoms with van der Waals surface area (Å²) >= 11 is 6.26. The SMILES string of the molecule is Cc1ccc2c(c1)nc(C(C)Cl)n2Cc1cc(C)no1. The van der Waals surface area contributed by atoms with Crippen LogP contribution < -0.4 is 0 Å². The van der Waals surface area contributed by atoms with Gasteiger partial charge in [0.25, 0.3) is 0 Å². The molecule has 2 aromatic heterocycles. The lowest BCUT2D eigenvalue weighted by molar-refractivity contribution is 0.372. The highest BCUT2D eigenvalue weighted by atomic mass is 35.5. The third-order valence-electron chi connectivity index (χ3n) is 3.28. The number of benzene rings is 1. The van der Waals surface area contributed by atoms with Crippen molar-refractivity contribution in [2.24, 2.45) is 0 Å². The van der Waals surface area contributed by atoms with Gasteiger partial charge in [0.15, 0.2) is 5.76 Å². The molecule has 20 heavy (non-hydrogen) atoms. The zero-order valence-corrected chi connectivity index (χ0v) is 12.5. The third-order valence-corrected chi connectivity index (χ3v) is 3.47. The van der Waals surface area contributed by atoms with E-state index in [0.29, 0.717) is 6.54 Å². The molecular formula is C15H16ClN3O. The van der Waals surface area contributed by atoms with Crippen LogP contribution in [0.1, 0.15) is 35.1 Å². The first-order valence-corrected chi connectivity index (χ1v) is 7.01. The lowest BCUT2D eigenvalue weighted by atomic mass is 10.2. The summed E-state index contributed by atoms with van der Waals surface area (Å²) in [6, 6.07) is 8.15. The van der Waals surface area contributed by atoms with Gasteiger partial charge in [0.05, 0.1) is 28.6 Å². The fraction of sp³-hybridized carbons (Fsp3) is 0.333. The Kier molecular flexibility index (Phi) is 3.26. The Hall–Kier alpha value is -1.81. The predicted octanol–water partition coefficient (Wildman–Crippen LogP) is 3.99. The van der Waals surface area contributed by atoms with Gasteiger partial charge < -0.3 is 9.09 Å². The second kappa shape index (κ2) is 4.94. The van der Waals surface area contributed by atoms with Crippen molar-refractivity contribution < 1.29 is 4.52 Å². The van der Waals surface area contributed by atoms with E-state index in [1.807, 2.05) is 19.9 Å². The van der Waals surface area contributed by atoms with Crippen LogP contribution in [0.3, 0.4) is 0 Å². The molecule has 104 valence electrons. The normalized spacial score (nSPS) is 13.0. The summed E-state index contributed by atoms with van der Waals surface area (Å²) < 4.78 is 7.39. The van der Waals surface area contributed by atoms with E-state index in [-0.39, 0.29) is 5.38 Å². The van der Waals surface area contributed by atoms with Crippen LogP contribution in [-0.2, 0) is 6.54 Å². The van der Waals surface area contributed by atoms with Crippen molar-refractivity contribution in [1.29, 1.82) is 0 Å². The molecule has 0 N–H and O–H groups in total. The van der Waals surface area contributed by atoms with Crippen molar-refractivity contribution in [1.82, 2.24) is 14.7 Å². The highest BCUT2D eigenvalue weighted by molar-refractivity contribution is 6.20. The Morgan fingerprint density at radius 1 is 1.30 bits per heavy atom. The number of hydrogen-bond acceptors (Lipinski definition) is 3. The first-order chi connectivity index (χ1) is 9.54. The molecule has 0 aliphatic rings. The van der Waals surface area contributed by atoms with E-state index in [9.17, 15) is 0 Å². The Morgan fingerprint density at radius 3 is 2.75 bits per heavy atom. The standard InChI is InChI=1S/C15H16ClN3O/c1-9-4-5-14-13(6-9)17-15(11(3)16)19(14)8-12-7-10(2)18-20-12/h4-7,11H,8H2,1-3H3. The summed E-state index contributed by atoms with van der Waals surface area (Å²) in [5.74, 6) is 1.65. The number of aromatic nitrogens is 3. The summed E-state index contributed by atoms with van der Waals surface area (Å²) in [7, 11) is 0. The summed E-state index contributed by atoms with van der Waals surface area (Å²) in [5.41, 5.74) is 4.09. The zero-order valence-electron chi connectivity index (χ0n) is 11.7. The van der Waals surface area contributed by atoms with Crippen LogP contribution in [0.5, 0.6) is 0 Å². The van der Waals surface area contributed by atoms with E-state index in [2.05, 4.69) is 39.8 Å². The minimum absolute atomic E-state index is 0.160. The number of nitrogens with zero attached hydrogens (tertiary/aromatic N) is 3. The van der Waals surface area contributed by atoms with Crippen LogP contribution in [0.15, 0.2) is 28.8 Å². The van der Waals surface area contributed by atoms with Crippen LogP contribution in [0.25, 0.3) is 11.0 Å². The summed E-state index contributed by atoms with van der Waals surface area (Å²) in [5, 5.41) is 3.76. The van der Waals surface area contributed by atoms with E-state index in [1.165, 1.54) is 5.56 Å². The van der Waals surface area contributed by atoms with Gasteiger partial charge in [0.1, 0.15) is 5.82 Å². The van der Waals surface area contributed by atoms with Crippen molar-refractivity contribution in [2.75, 3.05) is 0 Å². The van der Waals surface area contributed by atoms with Crippen molar-refractivity contribution >= 4 is 22.6 Å². The molecular weight excluding hydrogens is 274 g/mol. The largest absolute Gasteiger partial charge is 0.359 e. The molecule has 0 aliphatic heterocycles. The minimum Gasteiger partial charge on any atom is -0.359 e. The Labute approximate surface area is 122 Å². The molecule has 4 nitrogen and oxygen atoms in total. The van der Waals surface area contributed by atoms with Gasteiger partial charge in [-0.2, -0.15) is 0 Å². The highest BCUT2D eigenvalue weighted by Crippen LogP contribution is 2.26. The first kappa shape index (κ1) is 13.2. The number of alkyl halides is 1. The van der Waals surface area contributed by atoms with Crippen LogP contribution in [0.2, 0.25) is 0 Å². The number of aryl methyl sites for hydroxylation is 2. The fourth-order valence-electron chi connectivity index (χ4n) is 2.37. The van der Waals surface area contributed by atoms with Gasteiger partial charge >= 0.3 is 0 Å². The summed E-state index contributed by atoms with van der Waals surface area (Å²) in [6.07, 6.45) is 0. The summed E-state index contributed by atoms with van der Waals surface area (Å²) in [6.45, 7) is 6.49. The van der Waals surface area contributed by atoms with Crippen LogP contribution in [0.4, 0.5) is 0 Å². The third kappa shape index (κ3) is 2.31. The highest BCUT2D eigenvalue weighted by Gasteiger charge is 2.16. The average molecular weight is 290 g/mol. The van der Waals surface area contributed by atoms with E-state index in [1.54, 1.807) is 0 Å². The lowest BCUT2D eigenvalue weighted by Gasteiger charge is -2.08. The second-order valence-corrected chi connectivity index (χ2v) is 5.75. The minimum atomic E-state index is -0.160. The molecule has 0 spiro atoms. The Bertz CT molecular complexity index is 758. The number of hydrogen-bond donors (Lipinski definition) is 0. The van der Waals surface area contributed by atoms with Crippen LogP contribution in [-0.4, -0.2) is 14.7 Å². The van der Waals surface area contributed by atoms with Crippen molar-refractivity contribution in [3.8, 4) is 0 Å². The lowest BCUT2D eigenvalue weighted by Crippen LogP contribution is -2.05. The van der Waals surface area contributed by atoms with Crippen molar-refractivity contribution in [3.63, 3.8) is 0 Å². The molecule has 0 amide bonds. The molecule has 1 unspecified atom stereocenters. The predicted molar refractivity (Wildman–Crippen MR) is 79.1 cm³/mol. The quantitative estimate of drug-likeness (QED) is 0.685. The van der Waals surface area contributed by atoms with E-state index < -0.39 is 0 Å². The maximum Gasteiger partial charge on any atom is 0.156 e. The van der Waals surface area contributed by atoms with E-state index in [0.717, 1.165) is 28.3 Å². The fourth-order valence-corrected chi connectivity index (χ4v) is 2.54. The molecule has 0 aliphatic carbocycles. The maximum absolute atomic E-state index is 6.26. The number of imidazole rings is 1. The van der Waals surface area contributed by atoms with E-state index >= 15 is 0 Å². The van der Waals surface area contributed by atoms with Crippen LogP contribution in [0, 0.1) is 13.8 Å². The zero-order chi connectivity index (χ0) is 14.3. The molecule has 3 rings (SSSR count). The van der Waals surface area contributed by atoms with Gasteiger partial charge in [-0.1, -0.05) is 11.2 Å². The molecule has 0 radical (unpaired) electrons. The van der Waals surface area contributed by atoms with Crippen molar-refractivity contribution in [3.05, 3.63) is 47.1 Å². The molecule has 5 heteroatoms. The average Bonchev–Trinajstić information content (AvgIpc) is 2.94. The van der Waals surface area contributed by atoms with Gasteiger partial charge in [-0.05, 0) is 38.5 Å². The Balaban J connectivity index is 2.13. The molecule has 1 aromatic carbocycles. The van der Waals surface area contributed by atoms with Gasteiger partial charge in [-0.25, -0.2) is 4.98 Å². The monoisotopic (exact) mass is 289 g/mol. The number of rotatable bonds is 3. The molecule has 0 saturated heterocycles. The maximum atomic E-state index is 6.26. The molecule has 0 bridgehead atoms. The van der Waals surface area contributed by atoms with E-state index in [4.69, 9.17) is 16.1 Å². The van der Waals surface area contributed by atoms with Crippen molar-refractivity contribution in [2.45, 2.75) is 32.7 Å². The first-order valence-electron chi connectivity index (χ1n) is 6.57. The van der Waals surface area contributed by atoms with Gasteiger partial charge in [0.2, 0.25) is 0 Å². The molecule has 0 fully saturated rings. The molecule has 3 aromatic rings. The van der Waals surface area contributed by atoms with Crippen LogP contribution >= 0.6 is 11.6 Å². The molecule has 1 atom stereocenters. The number of fused-ring (bicyclic) bond motifs is 1. The van der Waals surface area contributed by atoms with Gasteiger partial charge in [-0.15, -0.1) is 11.6 Å². The topological polar surface area (TPSA) is 43.9 Å². The second-order valence-electron chi connectivity index (χ2n) is 5.10. The smallest absolute Gasteiger partial charge is 0.156 e.